The van der Waals surface area contributed by atoms with Gasteiger partial charge in [0.25, 0.3) is 0 Å². The second-order valence-corrected chi connectivity index (χ2v) is 2.98. The van der Waals surface area contributed by atoms with Crippen molar-refractivity contribution in [1.29, 1.82) is 0 Å². The molecule has 0 fully saturated rings. The van der Waals surface area contributed by atoms with E-state index in [1.165, 1.54) is 0 Å². The van der Waals surface area contributed by atoms with Crippen molar-refractivity contribution in [2.45, 2.75) is 26.3 Å². The summed E-state index contributed by atoms with van der Waals surface area (Å²) in [7, 11) is 0. The van der Waals surface area contributed by atoms with E-state index < -0.39 is 0 Å². The van der Waals surface area contributed by atoms with Crippen molar-refractivity contribution in [3.8, 4) is 0 Å². The number of hydrogen-bond donors (Lipinski definition) is 3. The summed E-state index contributed by atoms with van der Waals surface area (Å²) in [5.74, 6) is 0.00272. The Morgan fingerprint density at radius 1 is 1.50 bits per heavy atom. The molecule has 0 rings (SSSR count). The first kappa shape index (κ1) is 11.4. The van der Waals surface area contributed by atoms with Gasteiger partial charge in [-0.2, -0.15) is 0 Å². The van der Waals surface area contributed by atoms with Crippen LogP contribution in [-0.4, -0.2) is 36.8 Å². The fourth-order valence-corrected chi connectivity index (χ4v) is 0.779. The summed E-state index contributed by atoms with van der Waals surface area (Å²) < 4.78 is 0. The van der Waals surface area contributed by atoms with Crippen LogP contribution in [0.25, 0.3) is 0 Å². The first-order valence-electron chi connectivity index (χ1n) is 4.27. The highest BCUT2D eigenvalue weighted by molar-refractivity contribution is 5.78. The van der Waals surface area contributed by atoms with Crippen LogP contribution < -0.4 is 10.6 Å². The second-order valence-electron chi connectivity index (χ2n) is 2.98. The molecular formula is C8H18N2O2. The summed E-state index contributed by atoms with van der Waals surface area (Å²) in [6, 6.07) is 0.192. The van der Waals surface area contributed by atoms with Crippen LogP contribution in [0.1, 0.15) is 20.3 Å². The number of aliphatic hydroxyl groups excluding tert-OH is 1. The monoisotopic (exact) mass is 174 g/mol. The second kappa shape index (κ2) is 7.06. The van der Waals surface area contributed by atoms with Gasteiger partial charge in [0.15, 0.2) is 0 Å². The molecule has 0 unspecified atom stereocenters. The number of carbonyl (C=O) groups is 1. The molecule has 0 saturated heterocycles. The highest BCUT2D eigenvalue weighted by atomic mass is 16.3. The molecule has 0 aliphatic heterocycles. The minimum absolute atomic E-state index is 0.00272. The van der Waals surface area contributed by atoms with Crippen molar-refractivity contribution in [2.24, 2.45) is 0 Å². The summed E-state index contributed by atoms with van der Waals surface area (Å²) in [5.41, 5.74) is 0. The number of hydrogen-bond acceptors (Lipinski definition) is 3. The smallest absolute Gasteiger partial charge is 0.234 e. The van der Waals surface area contributed by atoms with Crippen LogP contribution in [0.15, 0.2) is 0 Å². The fraction of sp³-hybridized carbons (Fsp3) is 0.875. The molecule has 4 heteroatoms. The topological polar surface area (TPSA) is 61.4 Å². The van der Waals surface area contributed by atoms with Crippen molar-refractivity contribution in [1.82, 2.24) is 10.6 Å². The molecule has 0 atom stereocenters. The summed E-state index contributed by atoms with van der Waals surface area (Å²) in [6.45, 7) is 5.02. The van der Waals surface area contributed by atoms with Gasteiger partial charge in [0.1, 0.15) is 0 Å². The third kappa shape index (κ3) is 7.50. The number of amides is 1. The molecule has 0 heterocycles. The average molecular weight is 174 g/mol. The Morgan fingerprint density at radius 3 is 2.67 bits per heavy atom. The lowest BCUT2D eigenvalue weighted by Gasteiger charge is -2.08. The molecule has 0 saturated carbocycles. The molecule has 0 aromatic heterocycles. The molecule has 0 bridgehead atoms. The van der Waals surface area contributed by atoms with Gasteiger partial charge >= 0.3 is 0 Å². The normalized spacial score (nSPS) is 10.3. The minimum atomic E-state index is 0.00272. The zero-order chi connectivity index (χ0) is 9.40. The van der Waals surface area contributed by atoms with Crippen molar-refractivity contribution in [2.75, 3.05) is 19.7 Å². The van der Waals surface area contributed by atoms with Crippen LogP contribution in [0.3, 0.4) is 0 Å². The zero-order valence-corrected chi connectivity index (χ0v) is 7.76. The fourth-order valence-electron chi connectivity index (χ4n) is 0.779. The predicted octanol–water partition coefficient (Wildman–Crippen LogP) is -0.517. The molecule has 12 heavy (non-hydrogen) atoms. The summed E-state index contributed by atoms with van der Waals surface area (Å²) in [5, 5.41) is 14.1. The zero-order valence-electron chi connectivity index (χ0n) is 7.76. The first-order valence-corrected chi connectivity index (χ1v) is 4.27. The third-order valence-electron chi connectivity index (χ3n) is 1.25. The van der Waals surface area contributed by atoms with Gasteiger partial charge in [-0.1, -0.05) is 0 Å². The van der Waals surface area contributed by atoms with Gasteiger partial charge in [0.05, 0.1) is 6.54 Å². The standard InChI is InChI=1S/C8H18N2O2/c1-7(2)10-8(12)6-9-4-3-5-11/h7,9,11H,3-6H2,1-2H3,(H,10,12). The van der Waals surface area contributed by atoms with Crippen LogP contribution >= 0.6 is 0 Å². The van der Waals surface area contributed by atoms with Gasteiger partial charge in [0, 0.05) is 12.6 Å². The molecule has 72 valence electrons. The molecule has 0 radical (unpaired) electrons. The highest BCUT2D eigenvalue weighted by Crippen LogP contribution is 1.76. The number of aliphatic hydroxyl groups is 1. The van der Waals surface area contributed by atoms with E-state index in [0.29, 0.717) is 19.5 Å². The van der Waals surface area contributed by atoms with E-state index in [9.17, 15) is 4.79 Å². The molecule has 1 amide bonds. The van der Waals surface area contributed by atoms with E-state index in [2.05, 4.69) is 10.6 Å². The van der Waals surface area contributed by atoms with Crippen molar-refractivity contribution >= 4 is 5.91 Å². The molecule has 0 aromatic rings. The molecular weight excluding hydrogens is 156 g/mol. The Kier molecular flexibility index (Phi) is 6.70. The minimum Gasteiger partial charge on any atom is -0.396 e. The lowest BCUT2D eigenvalue weighted by molar-refractivity contribution is -0.120. The van der Waals surface area contributed by atoms with Crippen molar-refractivity contribution < 1.29 is 9.90 Å². The molecule has 0 aliphatic rings. The first-order chi connectivity index (χ1) is 5.66. The SMILES string of the molecule is CC(C)NC(=O)CNCCCO. The van der Waals surface area contributed by atoms with Gasteiger partial charge in [0.2, 0.25) is 5.91 Å². The van der Waals surface area contributed by atoms with Crippen LogP contribution in [0.4, 0.5) is 0 Å². The summed E-state index contributed by atoms with van der Waals surface area (Å²) >= 11 is 0. The van der Waals surface area contributed by atoms with Crippen molar-refractivity contribution in [3.63, 3.8) is 0 Å². The highest BCUT2D eigenvalue weighted by Gasteiger charge is 2.00. The lowest BCUT2D eigenvalue weighted by atomic mass is 10.4. The molecule has 3 N–H and O–H groups in total. The number of rotatable bonds is 6. The summed E-state index contributed by atoms with van der Waals surface area (Å²) in [6.07, 6.45) is 0.689. The Labute approximate surface area is 73.3 Å². The largest absolute Gasteiger partial charge is 0.396 e. The molecule has 0 aliphatic carbocycles. The summed E-state index contributed by atoms with van der Waals surface area (Å²) in [4.78, 5) is 11.0. The van der Waals surface area contributed by atoms with Crippen LogP contribution in [-0.2, 0) is 4.79 Å². The predicted molar refractivity (Wildman–Crippen MR) is 47.9 cm³/mol. The maximum atomic E-state index is 11.0. The molecule has 0 spiro atoms. The van der Waals surface area contributed by atoms with E-state index in [4.69, 9.17) is 5.11 Å². The Bertz CT molecular complexity index is 126. The van der Waals surface area contributed by atoms with E-state index in [1.54, 1.807) is 0 Å². The maximum Gasteiger partial charge on any atom is 0.234 e. The number of nitrogens with one attached hydrogen (secondary N) is 2. The van der Waals surface area contributed by atoms with Crippen LogP contribution in [0.2, 0.25) is 0 Å². The van der Waals surface area contributed by atoms with E-state index >= 15 is 0 Å². The van der Waals surface area contributed by atoms with E-state index in [-0.39, 0.29) is 18.6 Å². The van der Waals surface area contributed by atoms with Gasteiger partial charge in [-0.15, -0.1) is 0 Å². The van der Waals surface area contributed by atoms with Gasteiger partial charge in [-0.3, -0.25) is 4.79 Å². The van der Waals surface area contributed by atoms with Crippen molar-refractivity contribution in [3.05, 3.63) is 0 Å². The van der Waals surface area contributed by atoms with Crippen LogP contribution in [0.5, 0.6) is 0 Å². The van der Waals surface area contributed by atoms with Gasteiger partial charge < -0.3 is 15.7 Å². The average Bonchev–Trinajstić information content (AvgIpc) is 1.97. The number of carbonyl (C=O) groups excluding carboxylic acids is 1. The quantitative estimate of drug-likeness (QED) is 0.475. The Morgan fingerprint density at radius 2 is 2.17 bits per heavy atom. The third-order valence-corrected chi connectivity index (χ3v) is 1.25. The van der Waals surface area contributed by atoms with E-state index in [0.717, 1.165) is 0 Å². The molecule has 0 aromatic carbocycles. The molecule has 4 nitrogen and oxygen atoms in total. The Hall–Kier alpha value is -0.610. The van der Waals surface area contributed by atoms with Gasteiger partial charge in [-0.25, -0.2) is 0 Å². The maximum absolute atomic E-state index is 11.0. The van der Waals surface area contributed by atoms with Gasteiger partial charge in [-0.05, 0) is 26.8 Å². The Balaban J connectivity index is 3.20. The van der Waals surface area contributed by atoms with E-state index in [1.807, 2.05) is 13.8 Å². The lowest BCUT2D eigenvalue weighted by Crippen LogP contribution is -2.38. The van der Waals surface area contributed by atoms with Crippen LogP contribution in [0, 0.1) is 0 Å².